The van der Waals surface area contributed by atoms with Gasteiger partial charge >= 0.3 is 0 Å². The molecule has 0 unspecified atom stereocenters. The summed E-state index contributed by atoms with van der Waals surface area (Å²) in [7, 11) is 0. The zero-order valence-electron chi connectivity index (χ0n) is 17.4. The zero-order chi connectivity index (χ0) is 22.8. The van der Waals surface area contributed by atoms with E-state index >= 15 is 0 Å². The quantitative estimate of drug-likeness (QED) is 0.334. The number of rotatable bonds is 9. The highest BCUT2D eigenvalue weighted by atomic mass is 79.9. The zero-order valence-corrected chi connectivity index (χ0v) is 19.7. The van der Waals surface area contributed by atoms with Crippen LogP contribution in [0.4, 0.5) is 5.69 Å². The van der Waals surface area contributed by atoms with Crippen molar-refractivity contribution in [3.8, 4) is 5.75 Å². The Kier molecular flexibility index (Phi) is 9.81. The Bertz CT molecular complexity index is 952. The maximum atomic E-state index is 12.2. The summed E-state index contributed by atoms with van der Waals surface area (Å²) in [6, 6.07) is 10.1. The topological polar surface area (TPSA) is 96.5 Å². The lowest BCUT2D eigenvalue weighted by molar-refractivity contribution is -0.124. The maximum absolute atomic E-state index is 12.2. The predicted molar refractivity (Wildman–Crippen MR) is 124 cm³/mol. The molecule has 166 valence electrons. The van der Waals surface area contributed by atoms with Gasteiger partial charge in [-0.1, -0.05) is 31.0 Å². The van der Waals surface area contributed by atoms with Gasteiger partial charge in [0.25, 0.3) is 5.91 Å². The molecule has 0 aliphatic carbocycles. The minimum absolute atomic E-state index is 0.0387. The number of benzene rings is 2. The summed E-state index contributed by atoms with van der Waals surface area (Å²) in [6.45, 7) is 4.47. The molecule has 0 radical (unpaired) electrons. The van der Waals surface area contributed by atoms with Gasteiger partial charge in [0.1, 0.15) is 5.75 Å². The number of nitrogens with one attached hydrogen (secondary N) is 3. The molecule has 0 fully saturated rings. The number of carbonyl (C=O) groups excluding carboxylic acids is 3. The van der Waals surface area contributed by atoms with Gasteiger partial charge < -0.3 is 10.1 Å². The highest BCUT2D eigenvalue weighted by Crippen LogP contribution is 2.26. The van der Waals surface area contributed by atoms with Crippen molar-refractivity contribution in [1.29, 1.82) is 0 Å². The summed E-state index contributed by atoms with van der Waals surface area (Å²) >= 11 is 9.41. The minimum atomic E-state index is -0.482. The molecule has 0 spiro atoms. The lowest BCUT2D eigenvalue weighted by Gasteiger charge is -2.11. The van der Waals surface area contributed by atoms with Crippen LogP contribution in [0.25, 0.3) is 0 Å². The first-order chi connectivity index (χ1) is 14.8. The van der Waals surface area contributed by atoms with Crippen molar-refractivity contribution in [3.63, 3.8) is 0 Å². The first-order valence-corrected chi connectivity index (χ1v) is 11.1. The summed E-state index contributed by atoms with van der Waals surface area (Å²) in [5.74, 6) is -0.637. The van der Waals surface area contributed by atoms with Crippen LogP contribution in [0.1, 0.15) is 48.5 Å². The first kappa shape index (κ1) is 24.7. The highest BCUT2D eigenvalue weighted by molar-refractivity contribution is 9.10. The number of ether oxygens (including phenoxy) is 1. The van der Waals surface area contributed by atoms with E-state index in [0.29, 0.717) is 33.1 Å². The number of hydrazine groups is 1. The number of halogens is 2. The maximum Gasteiger partial charge on any atom is 0.269 e. The molecule has 2 aromatic carbocycles. The molecule has 0 aliphatic heterocycles. The van der Waals surface area contributed by atoms with Gasteiger partial charge in [-0.05, 0) is 65.2 Å². The van der Waals surface area contributed by atoms with E-state index < -0.39 is 11.8 Å². The fourth-order valence-corrected chi connectivity index (χ4v) is 3.20. The molecule has 3 amide bonds. The highest BCUT2D eigenvalue weighted by Gasteiger charge is 2.12. The van der Waals surface area contributed by atoms with Crippen LogP contribution in [0.2, 0.25) is 5.02 Å². The van der Waals surface area contributed by atoms with Gasteiger partial charge in [0.2, 0.25) is 11.8 Å². The van der Waals surface area contributed by atoms with E-state index in [1.54, 1.807) is 43.3 Å². The number of anilines is 1. The number of hydrogen-bond acceptors (Lipinski definition) is 4. The predicted octanol–water partition coefficient (Wildman–Crippen LogP) is 4.77. The van der Waals surface area contributed by atoms with Crippen LogP contribution in [0.15, 0.2) is 40.9 Å². The van der Waals surface area contributed by atoms with Gasteiger partial charge in [0.05, 0.1) is 11.1 Å². The van der Waals surface area contributed by atoms with Gasteiger partial charge in [0.15, 0.2) is 0 Å². The summed E-state index contributed by atoms with van der Waals surface area (Å²) in [4.78, 5) is 36.3. The monoisotopic (exact) mass is 509 g/mol. The Morgan fingerprint density at radius 3 is 2.52 bits per heavy atom. The van der Waals surface area contributed by atoms with Gasteiger partial charge in [0, 0.05) is 29.1 Å². The third-order valence-electron chi connectivity index (χ3n) is 4.39. The van der Waals surface area contributed by atoms with Crippen molar-refractivity contribution in [1.82, 2.24) is 10.9 Å². The van der Waals surface area contributed by atoms with Crippen LogP contribution in [0.3, 0.4) is 0 Å². The molecular formula is C22H25BrClN3O4. The van der Waals surface area contributed by atoms with Gasteiger partial charge in [-0.2, -0.15) is 0 Å². The van der Waals surface area contributed by atoms with Crippen LogP contribution in [0.5, 0.6) is 5.75 Å². The first-order valence-electron chi connectivity index (χ1n) is 9.88. The fourth-order valence-electron chi connectivity index (χ4n) is 2.53. The lowest BCUT2D eigenvalue weighted by atomic mass is 10.2. The van der Waals surface area contributed by atoms with Crippen molar-refractivity contribution < 1.29 is 19.1 Å². The normalized spacial score (nSPS) is 10.3. The van der Waals surface area contributed by atoms with E-state index in [1.165, 1.54) is 0 Å². The van der Waals surface area contributed by atoms with Crippen LogP contribution < -0.4 is 20.9 Å². The van der Waals surface area contributed by atoms with Gasteiger partial charge in [-0.15, -0.1) is 0 Å². The average molecular weight is 511 g/mol. The number of amides is 3. The van der Waals surface area contributed by atoms with E-state index in [1.807, 2.05) is 0 Å². The molecule has 0 saturated carbocycles. The molecule has 0 aromatic heterocycles. The van der Waals surface area contributed by atoms with E-state index in [4.69, 9.17) is 16.3 Å². The van der Waals surface area contributed by atoms with E-state index in [-0.39, 0.29) is 18.7 Å². The third-order valence-corrected chi connectivity index (χ3v) is 5.42. The Balaban J connectivity index is 1.77. The summed E-state index contributed by atoms with van der Waals surface area (Å²) < 4.78 is 6.28. The molecule has 31 heavy (non-hydrogen) atoms. The van der Waals surface area contributed by atoms with E-state index in [9.17, 15) is 14.4 Å². The van der Waals surface area contributed by atoms with Crippen LogP contribution in [-0.2, 0) is 9.59 Å². The minimum Gasteiger partial charge on any atom is -0.492 e. The largest absolute Gasteiger partial charge is 0.492 e. The van der Waals surface area contributed by atoms with Crippen molar-refractivity contribution in [3.05, 3.63) is 57.0 Å². The molecular weight excluding hydrogens is 486 g/mol. The van der Waals surface area contributed by atoms with Gasteiger partial charge in [-0.25, -0.2) is 0 Å². The van der Waals surface area contributed by atoms with Crippen LogP contribution >= 0.6 is 27.5 Å². The number of unbranched alkanes of at least 4 members (excludes halogenated alkanes) is 1. The van der Waals surface area contributed by atoms with Crippen molar-refractivity contribution >= 4 is 50.9 Å². The van der Waals surface area contributed by atoms with E-state index in [2.05, 4.69) is 39.0 Å². The van der Waals surface area contributed by atoms with Crippen molar-refractivity contribution in [2.75, 3.05) is 11.9 Å². The molecule has 2 rings (SSSR count). The van der Waals surface area contributed by atoms with Crippen LogP contribution in [-0.4, -0.2) is 24.3 Å². The Morgan fingerprint density at radius 1 is 1.06 bits per heavy atom. The standard InChI is InChI=1S/C22H25BrClN3O4/c1-3-4-12-31-19-9-8-15(13-16(19)23)22(30)27-26-21(29)11-10-20(28)25-18-7-5-6-17(24)14(18)2/h5-9,13H,3-4,10-12H2,1-2H3,(H,25,28)(H,26,29)(H,27,30). The third kappa shape index (κ3) is 7.88. The molecule has 0 bridgehead atoms. The summed E-state index contributed by atoms with van der Waals surface area (Å²) in [6.07, 6.45) is 1.85. The second kappa shape index (κ2) is 12.3. The second-order valence-electron chi connectivity index (χ2n) is 6.81. The van der Waals surface area contributed by atoms with Gasteiger partial charge in [-0.3, -0.25) is 25.2 Å². The SMILES string of the molecule is CCCCOc1ccc(C(=O)NNC(=O)CCC(=O)Nc2cccc(Cl)c2C)cc1Br. The Labute approximate surface area is 195 Å². The molecule has 9 heteroatoms. The Hall–Kier alpha value is -2.58. The van der Waals surface area contributed by atoms with Crippen molar-refractivity contribution in [2.45, 2.75) is 39.5 Å². The molecule has 0 atom stereocenters. The van der Waals surface area contributed by atoms with E-state index in [0.717, 1.165) is 18.4 Å². The Morgan fingerprint density at radius 2 is 1.81 bits per heavy atom. The second-order valence-corrected chi connectivity index (χ2v) is 8.07. The number of hydrogen-bond donors (Lipinski definition) is 3. The average Bonchev–Trinajstić information content (AvgIpc) is 2.75. The molecule has 3 N–H and O–H groups in total. The van der Waals surface area contributed by atoms with Crippen LogP contribution in [0, 0.1) is 6.92 Å². The molecule has 2 aromatic rings. The fraction of sp³-hybridized carbons (Fsp3) is 0.318. The lowest BCUT2D eigenvalue weighted by Crippen LogP contribution is -2.41. The molecule has 7 nitrogen and oxygen atoms in total. The summed E-state index contributed by atoms with van der Waals surface area (Å²) in [5, 5.41) is 3.27. The van der Waals surface area contributed by atoms with Crippen molar-refractivity contribution in [2.24, 2.45) is 0 Å². The number of carbonyl (C=O) groups is 3. The smallest absolute Gasteiger partial charge is 0.269 e. The molecule has 0 aliphatic rings. The molecule has 0 heterocycles. The molecule has 0 saturated heterocycles. The summed E-state index contributed by atoms with van der Waals surface area (Å²) in [5.41, 5.74) is 6.35.